The molecule has 2 saturated carbocycles. The number of nitrogens with one attached hydrogen (secondary N) is 2. The molecule has 2 atom stereocenters. The van der Waals surface area contributed by atoms with Crippen LogP contribution in [0.3, 0.4) is 0 Å². The lowest BCUT2D eigenvalue weighted by molar-refractivity contribution is -0.138. The lowest BCUT2D eigenvalue weighted by atomic mass is 9.84. The Morgan fingerprint density at radius 1 is 1.20 bits per heavy atom. The summed E-state index contributed by atoms with van der Waals surface area (Å²) in [6.45, 7) is 2.98. The normalized spacial score (nSPS) is 25.8. The van der Waals surface area contributed by atoms with Gasteiger partial charge in [-0.05, 0) is 31.6 Å². The molecule has 2 N–H and O–H groups in total. The molecule has 2 fully saturated rings. The van der Waals surface area contributed by atoms with Gasteiger partial charge in [0.05, 0.1) is 5.41 Å². The third kappa shape index (κ3) is 6.00. The Hall–Kier alpha value is -0.530. The minimum Gasteiger partial charge on any atom is -0.355 e. The third-order valence-corrected chi connectivity index (χ3v) is 5.94. The molecular formula is C19H37IN4O. The summed E-state index contributed by atoms with van der Waals surface area (Å²) in [5.41, 5.74) is -0.250. The predicted octanol–water partition coefficient (Wildman–Crippen LogP) is 3.39. The molecule has 25 heavy (non-hydrogen) atoms. The summed E-state index contributed by atoms with van der Waals surface area (Å²) < 4.78 is 0. The molecule has 0 saturated heterocycles. The van der Waals surface area contributed by atoms with Crippen LogP contribution in [0.15, 0.2) is 4.99 Å². The van der Waals surface area contributed by atoms with E-state index in [2.05, 4.69) is 22.5 Å². The highest BCUT2D eigenvalue weighted by Crippen LogP contribution is 2.38. The van der Waals surface area contributed by atoms with Gasteiger partial charge >= 0.3 is 0 Å². The molecule has 0 aromatic heterocycles. The van der Waals surface area contributed by atoms with Crippen molar-refractivity contribution in [1.82, 2.24) is 15.5 Å². The van der Waals surface area contributed by atoms with E-state index in [-0.39, 0.29) is 35.3 Å². The first kappa shape index (κ1) is 22.5. The van der Waals surface area contributed by atoms with E-state index in [0.717, 1.165) is 37.6 Å². The maximum Gasteiger partial charge on any atom is 0.230 e. The molecule has 5 nitrogen and oxygen atoms in total. The van der Waals surface area contributed by atoms with Crippen molar-refractivity contribution >= 4 is 35.8 Å². The number of carbonyl (C=O) groups excluding carboxylic acids is 1. The fourth-order valence-electron chi connectivity index (χ4n) is 4.43. The molecule has 146 valence electrons. The lowest BCUT2D eigenvalue weighted by Crippen LogP contribution is -2.51. The van der Waals surface area contributed by atoms with Gasteiger partial charge in [0.15, 0.2) is 5.96 Å². The van der Waals surface area contributed by atoms with Gasteiger partial charge in [-0.25, -0.2) is 0 Å². The van der Waals surface area contributed by atoms with Crippen molar-refractivity contribution in [3.05, 3.63) is 0 Å². The van der Waals surface area contributed by atoms with Crippen LogP contribution in [0.25, 0.3) is 0 Å². The Bertz CT molecular complexity index is 447. The molecule has 1 amide bonds. The van der Waals surface area contributed by atoms with Gasteiger partial charge in [-0.15, -0.1) is 24.0 Å². The number of halogens is 1. The molecule has 2 aliphatic carbocycles. The SMILES string of the molecule is CCC1CCCC(NC(=NC)NCC2(C(=O)N(C)C)CCCC2)C1.I. The molecule has 0 aromatic rings. The monoisotopic (exact) mass is 464 g/mol. The highest BCUT2D eigenvalue weighted by Gasteiger charge is 2.42. The number of hydrogen-bond donors (Lipinski definition) is 2. The van der Waals surface area contributed by atoms with E-state index in [9.17, 15) is 4.79 Å². The first-order valence-corrected chi connectivity index (χ1v) is 9.69. The molecule has 0 aromatic carbocycles. The van der Waals surface area contributed by atoms with E-state index in [4.69, 9.17) is 0 Å². The van der Waals surface area contributed by atoms with Gasteiger partial charge in [-0.1, -0.05) is 39.0 Å². The van der Waals surface area contributed by atoms with E-state index >= 15 is 0 Å². The molecular weight excluding hydrogens is 427 g/mol. The summed E-state index contributed by atoms with van der Waals surface area (Å²) in [6, 6.07) is 0.513. The van der Waals surface area contributed by atoms with Gasteiger partial charge in [0.2, 0.25) is 5.91 Å². The number of nitrogens with zero attached hydrogens (tertiary/aromatic N) is 2. The number of hydrogen-bond acceptors (Lipinski definition) is 2. The van der Waals surface area contributed by atoms with Crippen molar-refractivity contribution in [3.63, 3.8) is 0 Å². The molecule has 2 unspecified atom stereocenters. The van der Waals surface area contributed by atoms with Crippen LogP contribution in [-0.4, -0.2) is 50.5 Å². The van der Waals surface area contributed by atoms with Gasteiger partial charge in [0.1, 0.15) is 0 Å². The van der Waals surface area contributed by atoms with E-state index in [1.54, 1.807) is 4.90 Å². The topological polar surface area (TPSA) is 56.7 Å². The molecule has 0 radical (unpaired) electrons. The van der Waals surface area contributed by atoms with Crippen LogP contribution >= 0.6 is 24.0 Å². The van der Waals surface area contributed by atoms with Crippen LogP contribution in [0, 0.1) is 11.3 Å². The smallest absolute Gasteiger partial charge is 0.230 e. The number of rotatable bonds is 5. The van der Waals surface area contributed by atoms with Gasteiger partial charge in [0.25, 0.3) is 0 Å². The van der Waals surface area contributed by atoms with Crippen molar-refractivity contribution in [2.24, 2.45) is 16.3 Å². The summed E-state index contributed by atoms with van der Waals surface area (Å²) in [5.74, 6) is 1.95. The molecule has 6 heteroatoms. The first-order chi connectivity index (χ1) is 11.5. The number of aliphatic imine (C=N–C) groups is 1. The summed E-state index contributed by atoms with van der Waals surface area (Å²) in [6.07, 6.45) is 10.6. The molecule has 2 aliphatic rings. The van der Waals surface area contributed by atoms with Crippen molar-refractivity contribution in [3.8, 4) is 0 Å². The Kier molecular flexibility index (Phi) is 9.52. The highest BCUT2D eigenvalue weighted by molar-refractivity contribution is 14.0. The van der Waals surface area contributed by atoms with Crippen LogP contribution < -0.4 is 10.6 Å². The first-order valence-electron chi connectivity index (χ1n) is 9.69. The third-order valence-electron chi connectivity index (χ3n) is 5.94. The minimum absolute atomic E-state index is 0. The van der Waals surface area contributed by atoms with Crippen molar-refractivity contribution in [2.45, 2.75) is 70.8 Å². The minimum atomic E-state index is -0.250. The zero-order valence-electron chi connectivity index (χ0n) is 16.4. The highest BCUT2D eigenvalue weighted by atomic mass is 127. The summed E-state index contributed by atoms with van der Waals surface area (Å²) >= 11 is 0. The van der Waals surface area contributed by atoms with Crippen LogP contribution in [0.4, 0.5) is 0 Å². The van der Waals surface area contributed by atoms with Crippen LogP contribution in [0.5, 0.6) is 0 Å². The fourth-order valence-corrected chi connectivity index (χ4v) is 4.43. The van der Waals surface area contributed by atoms with E-state index in [1.807, 2.05) is 21.1 Å². The molecule has 0 aliphatic heterocycles. The Labute approximate surface area is 170 Å². The number of amides is 1. The zero-order chi connectivity index (χ0) is 17.6. The maximum absolute atomic E-state index is 12.7. The second-order valence-corrected chi connectivity index (χ2v) is 7.89. The van der Waals surface area contributed by atoms with E-state index in [0.29, 0.717) is 12.6 Å². The molecule has 0 bridgehead atoms. The largest absolute Gasteiger partial charge is 0.355 e. The van der Waals surface area contributed by atoms with E-state index in [1.165, 1.54) is 32.1 Å². The summed E-state index contributed by atoms with van der Waals surface area (Å²) in [4.78, 5) is 18.8. The molecule has 0 spiro atoms. The maximum atomic E-state index is 12.7. The average Bonchev–Trinajstić information content (AvgIpc) is 3.08. The molecule has 2 rings (SSSR count). The number of carbonyl (C=O) groups is 1. The Balaban J connectivity index is 0.00000312. The standard InChI is InChI=1S/C19H36N4O.HI/c1-5-15-9-8-10-16(13-15)22-18(20-2)21-14-19(11-6-7-12-19)17(24)23(3)4;/h15-16H,5-14H2,1-4H3,(H2,20,21,22);1H. The summed E-state index contributed by atoms with van der Waals surface area (Å²) in [7, 11) is 5.55. The average molecular weight is 464 g/mol. The van der Waals surface area contributed by atoms with Gasteiger partial charge < -0.3 is 15.5 Å². The fraction of sp³-hybridized carbons (Fsp3) is 0.895. The Morgan fingerprint density at radius 2 is 1.88 bits per heavy atom. The molecule has 0 heterocycles. The van der Waals surface area contributed by atoms with Crippen molar-refractivity contribution in [2.75, 3.05) is 27.7 Å². The second-order valence-electron chi connectivity index (χ2n) is 7.89. The zero-order valence-corrected chi connectivity index (χ0v) is 18.8. The van der Waals surface area contributed by atoms with Crippen LogP contribution in [-0.2, 0) is 4.79 Å². The second kappa shape index (κ2) is 10.6. The quantitative estimate of drug-likeness (QED) is 0.373. The lowest BCUT2D eigenvalue weighted by Gasteiger charge is -2.33. The van der Waals surface area contributed by atoms with Gasteiger partial charge in [0, 0.05) is 33.7 Å². The van der Waals surface area contributed by atoms with E-state index < -0.39 is 0 Å². The Morgan fingerprint density at radius 3 is 2.44 bits per heavy atom. The summed E-state index contributed by atoms with van der Waals surface area (Å²) in [5, 5.41) is 7.05. The van der Waals surface area contributed by atoms with Gasteiger partial charge in [-0.3, -0.25) is 9.79 Å². The van der Waals surface area contributed by atoms with Crippen molar-refractivity contribution < 1.29 is 4.79 Å². The van der Waals surface area contributed by atoms with Crippen LogP contribution in [0.2, 0.25) is 0 Å². The van der Waals surface area contributed by atoms with Gasteiger partial charge in [-0.2, -0.15) is 0 Å². The van der Waals surface area contributed by atoms with Crippen molar-refractivity contribution in [1.29, 1.82) is 0 Å². The predicted molar refractivity (Wildman–Crippen MR) is 116 cm³/mol. The number of guanidine groups is 1. The van der Waals surface area contributed by atoms with Crippen LogP contribution in [0.1, 0.15) is 64.7 Å².